The highest BCUT2D eigenvalue weighted by molar-refractivity contribution is 6.21. The van der Waals surface area contributed by atoms with Crippen LogP contribution in [-0.4, -0.2) is 56.2 Å². The van der Waals surface area contributed by atoms with Crippen LogP contribution >= 0.6 is 11.6 Å². The third kappa shape index (κ3) is 3.61. The van der Waals surface area contributed by atoms with Crippen LogP contribution in [0.1, 0.15) is 13.3 Å². The minimum absolute atomic E-state index is 0.0201. The average Bonchev–Trinajstić information content (AvgIpc) is 2.63. The Morgan fingerprint density at radius 1 is 1.69 bits per heavy atom. The van der Waals surface area contributed by atoms with Crippen LogP contribution < -0.4 is 0 Å². The minimum Gasteiger partial charge on any atom is -0.383 e. The molecule has 1 heterocycles. The van der Waals surface area contributed by atoms with Gasteiger partial charge in [0.2, 0.25) is 0 Å². The van der Waals surface area contributed by atoms with Crippen molar-refractivity contribution in [3.8, 4) is 0 Å². The fourth-order valence-corrected chi connectivity index (χ4v) is 2.18. The van der Waals surface area contributed by atoms with Crippen molar-refractivity contribution in [2.24, 2.45) is 5.92 Å². The quantitative estimate of drug-likeness (QED) is 0.686. The van der Waals surface area contributed by atoms with E-state index in [2.05, 4.69) is 0 Å². The topological polar surface area (TPSA) is 38.8 Å². The number of nitrogens with zero attached hydrogens (tertiary/aromatic N) is 1. The summed E-state index contributed by atoms with van der Waals surface area (Å²) in [5, 5.41) is -0.171. The van der Waals surface area contributed by atoms with Crippen molar-refractivity contribution in [3.63, 3.8) is 0 Å². The highest BCUT2D eigenvalue weighted by atomic mass is 35.5. The number of rotatable bonds is 5. The third-order valence-corrected chi connectivity index (χ3v) is 3.09. The van der Waals surface area contributed by atoms with Crippen LogP contribution in [0.25, 0.3) is 0 Å². The fourth-order valence-electron chi connectivity index (χ4n) is 1.85. The molecule has 4 nitrogen and oxygen atoms in total. The first-order valence-electron chi connectivity index (χ1n) is 5.55. The average molecular weight is 250 g/mol. The van der Waals surface area contributed by atoms with E-state index in [1.807, 2.05) is 6.92 Å². The monoisotopic (exact) mass is 249 g/mol. The van der Waals surface area contributed by atoms with Gasteiger partial charge in [-0.25, -0.2) is 0 Å². The van der Waals surface area contributed by atoms with Crippen molar-refractivity contribution in [3.05, 3.63) is 0 Å². The Bertz CT molecular complexity index is 237. The molecule has 0 aromatic rings. The molecule has 0 saturated carbocycles. The molecule has 1 fully saturated rings. The van der Waals surface area contributed by atoms with E-state index in [4.69, 9.17) is 21.1 Å². The predicted octanol–water partition coefficient (Wildman–Crippen LogP) is 1.12. The molecule has 0 aromatic heterocycles. The molecule has 1 rings (SSSR count). The van der Waals surface area contributed by atoms with Crippen molar-refractivity contribution in [1.29, 1.82) is 0 Å². The van der Waals surface area contributed by atoms with E-state index in [0.29, 0.717) is 25.7 Å². The Morgan fingerprint density at radius 2 is 2.38 bits per heavy atom. The lowest BCUT2D eigenvalue weighted by atomic mass is 10.0. The van der Waals surface area contributed by atoms with Gasteiger partial charge in [-0.1, -0.05) is 6.92 Å². The standard InChI is InChI=1S/C11H20ClNO3/c1-8-4-5-16-10(8)11(14)13(2)6-9(12)7-15-3/h8-10H,4-7H2,1-3H3. The number of carbonyl (C=O) groups excluding carboxylic acids is 1. The zero-order valence-electron chi connectivity index (χ0n) is 10.1. The molecule has 0 aliphatic carbocycles. The maximum Gasteiger partial charge on any atom is 0.251 e. The molecule has 0 spiro atoms. The molecule has 0 N–H and O–H groups in total. The summed E-state index contributed by atoms with van der Waals surface area (Å²) in [4.78, 5) is 13.6. The summed E-state index contributed by atoms with van der Waals surface area (Å²) in [6.07, 6.45) is 0.656. The van der Waals surface area contributed by atoms with Crippen molar-refractivity contribution in [2.75, 3.05) is 33.9 Å². The summed E-state index contributed by atoms with van der Waals surface area (Å²) in [5.41, 5.74) is 0. The van der Waals surface area contributed by atoms with Crippen LogP contribution in [0.5, 0.6) is 0 Å². The number of likely N-dealkylation sites (N-methyl/N-ethyl adjacent to an activating group) is 1. The van der Waals surface area contributed by atoms with Crippen LogP contribution in [0.15, 0.2) is 0 Å². The molecule has 3 unspecified atom stereocenters. The van der Waals surface area contributed by atoms with Gasteiger partial charge in [-0.15, -0.1) is 11.6 Å². The number of hydrogen-bond donors (Lipinski definition) is 0. The first-order chi connectivity index (χ1) is 7.56. The zero-order valence-corrected chi connectivity index (χ0v) is 10.9. The van der Waals surface area contributed by atoms with E-state index in [1.165, 1.54) is 0 Å². The number of alkyl halides is 1. The SMILES string of the molecule is COCC(Cl)CN(C)C(=O)C1OCCC1C. The van der Waals surface area contributed by atoms with Crippen LogP contribution in [0.3, 0.4) is 0 Å². The molecule has 94 valence electrons. The number of amides is 1. The number of halogens is 1. The number of ether oxygens (including phenoxy) is 2. The van der Waals surface area contributed by atoms with Crippen LogP contribution in [0, 0.1) is 5.92 Å². The molecule has 1 aliphatic rings. The molecule has 1 amide bonds. The van der Waals surface area contributed by atoms with Gasteiger partial charge in [0.15, 0.2) is 0 Å². The number of carbonyl (C=O) groups is 1. The Balaban J connectivity index is 2.40. The summed E-state index contributed by atoms with van der Waals surface area (Å²) >= 11 is 6.00. The highest BCUT2D eigenvalue weighted by Gasteiger charge is 2.33. The van der Waals surface area contributed by atoms with Crippen molar-refractivity contribution >= 4 is 17.5 Å². The summed E-state index contributed by atoms with van der Waals surface area (Å²) in [7, 11) is 3.35. The second-order valence-corrected chi connectivity index (χ2v) is 4.95. The largest absolute Gasteiger partial charge is 0.383 e. The lowest BCUT2D eigenvalue weighted by Gasteiger charge is -2.24. The van der Waals surface area contributed by atoms with Gasteiger partial charge in [-0.05, 0) is 12.3 Å². The van der Waals surface area contributed by atoms with Crippen molar-refractivity contribution in [2.45, 2.75) is 24.8 Å². The molecular weight excluding hydrogens is 230 g/mol. The van der Waals surface area contributed by atoms with E-state index < -0.39 is 0 Å². The second-order valence-electron chi connectivity index (χ2n) is 4.33. The van der Waals surface area contributed by atoms with Gasteiger partial charge in [0.25, 0.3) is 5.91 Å². The van der Waals surface area contributed by atoms with Gasteiger partial charge < -0.3 is 14.4 Å². The van der Waals surface area contributed by atoms with E-state index in [-0.39, 0.29) is 17.4 Å². The zero-order chi connectivity index (χ0) is 12.1. The molecule has 0 bridgehead atoms. The summed E-state index contributed by atoms with van der Waals surface area (Å²) in [6, 6.07) is 0. The molecule has 3 atom stereocenters. The van der Waals surface area contributed by atoms with Crippen molar-refractivity contribution in [1.82, 2.24) is 4.90 Å². The van der Waals surface area contributed by atoms with Gasteiger partial charge in [0.1, 0.15) is 6.10 Å². The molecule has 0 aromatic carbocycles. The Hall–Kier alpha value is -0.320. The normalized spacial score (nSPS) is 26.8. The summed E-state index contributed by atoms with van der Waals surface area (Å²) in [5.74, 6) is 0.318. The van der Waals surface area contributed by atoms with E-state index >= 15 is 0 Å². The van der Waals surface area contributed by atoms with Crippen molar-refractivity contribution < 1.29 is 14.3 Å². The van der Waals surface area contributed by atoms with Crippen LogP contribution in [0.4, 0.5) is 0 Å². The predicted molar refractivity (Wildman–Crippen MR) is 62.7 cm³/mol. The Kier molecular flexibility index (Phi) is 5.52. The molecule has 16 heavy (non-hydrogen) atoms. The fraction of sp³-hybridized carbons (Fsp3) is 0.909. The van der Waals surface area contributed by atoms with Gasteiger partial charge in [0, 0.05) is 27.3 Å². The second kappa shape index (κ2) is 6.42. The third-order valence-electron chi connectivity index (χ3n) is 2.83. The lowest BCUT2D eigenvalue weighted by Crippen LogP contribution is -2.42. The molecule has 1 saturated heterocycles. The Morgan fingerprint density at radius 3 is 2.88 bits per heavy atom. The van der Waals surface area contributed by atoms with Gasteiger partial charge in [-0.3, -0.25) is 4.79 Å². The van der Waals surface area contributed by atoms with Gasteiger partial charge >= 0.3 is 0 Å². The molecular formula is C11H20ClNO3. The van der Waals surface area contributed by atoms with E-state index in [0.717, 1.165) is 6.42 Å². The highest BCUT2D eigenvalue weighted by Crippen LogP contribution is 2.21. The van der Waals surface area contributed by atoms with Gasteiger partial charge in [0.05, 0.1) is 12.0 Å². The summed E-state index contributed by atoms with van der Waals surface area (Å²) < 4.78 is 10.4. The smallest absolute Gasteiger partial charge is 0.251 e. The van der Waals surface area contributed by atoms with E-state index in [1.54, 1.807) is 19.1 Å². The maximum atomic E-state index is 12.0. The lowest BCUT2D eigenvalue weighted by molar-refractivity contribution is -0.141. The Labute approximate surface area is 102 Å². The maximum absolute atomic E-state index is 12.0. The molecule has 0 radical (unpaired) electrons. The minimum atomic E-state index is -0.295. The van der Waals surface area contributed by atoms with Crippen LogP contribution in [0.2, 0.25) is 0 Å². The number of methoxy groups -OCH3 is 1. The summed E-state index contributed by atoms with van der Waals surface area (Å²) in [6.45, 7) is 3.64. The number of hydrogen-bond acceptors (Lipinski definition) is 3. The molecule has 5 heteroatoms. The first-order valence-corrected chi connectivity index (χ1v) is 5.99. The van der Waals surface area contributed by atoms with Crippen LogP contribution in [-0.2, 0) is 14.3 Å². The van der Waals surface area contributed by atoms with E-state index in [9.17, 15) is 4.79 Å². The first kappa shape index (κ1) is 13.7. The van der Waals surface area contributed by atoms with Gasteiger partial charge in [-0.2, -0.15) is 0 Å². The molecule has 1 aliphatic heterocycles.